The van der Waals surface area contributed by atoms with Crippen LogP contribution in [0.1, 0.15) is 13.8 Å². The van der Waals surface area contributed by atoms with Crippen molar-refractivity contribution in [2.45, 2.75) is 13.8 Å². The van der Waals surface area contributed by atoms with Gasteiger partial charge in [0.25, 0.3) is 5.69 Å². The van der Waals surface area contributed by atoms with Crippen LogP contribution in [0.25, 0.3) is 0 Å². The minimum atomic E-state index is -0.682. The first-order valence-corrected chi connectivity index (χ1v) is 6.17. The highest BCUT2D eigenvalue weighted by atomic mass is 19.1. The maximum absolute atomic E-state index is 13.9. The van der Waals surface area contributed by atoms with Crippen LogP contribution in [0.15, 0.2) is 18.2 Å². The smallest absolute Gasteiger partial charge is 0.310 e. The van der Waals surface area contributed by atoms with Crippen LogP contribution >= 0.6 is 0 Å². The van der Waals surface area contributed by atoms with Crippen molar-refractivity contribution in [3.05, 3.63) is 34.1 Å². The molecule has 0 N–H and O–H groups in total. The van der Waals surface area contributed by atoms with Crippen LogP contribution in [0.3, 0.4) is 0 Å². The lowest BCUT2D eigenvalue weighted by molar-refractivity contribution is -0.385. The van der Waals surface area contributed by atoms with Crippen molar-refractivity contribution in [1.29, 1.82) is 0 Å². The summed E-state index contributed by atoms with van der Waals surface area (Å²) in [5, 5.41) is 10.6. The SMILES string of the molecule is CCN(C[C@H](C)C(=O)OC)c1ccc([N+](=O)[O-])cc1F. The number of methoxy groups -OCH3 is 1. The lowest BCUT2D eigenvalue weighted by atomic mass is 10.1. The van der Waals surface area contributed by atoms with Crippen LogP contribution in [-0.2, 0) is 9.53 Å². The number of esters is 1. The van der Waals surface area contributed by atoms with Crippen molar-refractivity contribution in [1.82, 2.24) is 0 Å². The molecule has 0 saturated heterocycles. The number of non-ortho nitro benzene ring substituents is 1. The molecule has 0 saturated carbocycles. The maximum atomic E-state index is 13.9. The van der Waals surface area contributed by atoms with Gasteiger partial charge in [-0.05, 0) is 13.0 Å². The van der Waals surface area contributed by atoms with Gasteiger partial charge in [0.15, 0.2) is 5.82 Å². The molecule has 0 aliphatic heterocycles. The fourth-order valence-corrected chi connectivity index (χ4v) is 1.87. The molecule has 20 heavy (non-hydrogen) atoms. The minimum absolute atomic E-state index is 0.230. The summed E-state index contributed by atoms with van der Waals surface area (Å²) in [6.45, 7) is 4.23. The number of nitro groups is 1. The van der Waals surface area contributed by atoms with E-state index < -0.39 is 16.7 Å². The molecule has 6 nitrogen and oxygen atoms in total. The van der Waals surface area contributed by atoms with Crippen LogP contribution in [0.2, 0.25) is 0 Å². The molecule has 110 valence electrons. The Morgan fingerprint density at radius 2 is 2.20 bits per heavy atom. The zero-order valence-electron chi connectivity index (χ0n) is 11.6. The van der Waals surface area contributed by atoms with Crippen molar-refractivity contribution >= 4 is 17.3 Å². The normalized spacial score (nSPS) is 11.8. The summed E-state index contributed by atoms with van der Waals surface area (Å²) in [6, 6.07) is 3.46. The molecule has 0 unspecified atom stereocenters. The van der Waals surface area contributed by atoms with Crippen molar-refractivity contribution < 1.29 is 18.8 Å². The fraction of sp³-hybridized carbons (Fsp3) is 0.462. The quantitative estimate of drug-likeness (QED) is 0.455. The van der Waals surface area contributed by atoms with Gasteiger partial charge < -0.3 is 9.64 Å². The molecule has 0 aliphatic carbocycles. The van der Waals surface area contributed by atoms with Gasteiger partial charge in [-0.25, -0.2) is 4.39 Å². The molecule has 0 spiro atoms. The zero-order valence-corrected chi connectivity index (χ0v) is 11.6. The van der Waals surface area contributed by atoms with E-state index in [-0.39, 0.29) is 23.9 Å². The van der Waals surface area contributed by atoms with E-state index >= 15 is 0 Å². The van der Waals surface area contributed by atoms with E-state index in [0.717, 1.165) is 6.07 Å². The number of carbonyl (C=O) groups is 1. The van der Waals surface area contributed by atoms with Gasteiger partial charge in [0.05, 0.1) is 29.7 Å². The van der Waals surface area contributed by atoms with Gasteiger partial charge in [-0.15, -0.1) is 0 Å². The van der Waals surface area contributed by atoms with Crippen LogP contribution in [-0.4, -0.2) is 31.1 Å². The number of rotatable bonds is 6. The molecule has 1 aromatic rings. The zero-order chi connectivity index (χ0) is 15.3. The number of halogens is 1. The number of carbonyl (C=O) groups excluding carboxylic acids is 1. The lowest BCUT2D eigenvalue weighted by Crippen LogP contribution is -2.32. The molecule has 0 aromatic heterocycles. The second-order valence-electron chi connectivity index (χ2n) is 4.36. The summed E-state index contributed by atoms with van der Waals surface area (Å²) in [6.07, 6.45) is 0. The topological polar surface area (TPSA) is 72.7 Å². The summed E-state index contributed by atoms with van der Waals surface area (Å²) >= 11 is 0. The van der Waals surface area contributed by atoms with Gasteiger partial charge in [-0.2, -0.15) is 0 Å². The van der Waals surface area contributed by atoms with E-state index in [1.165, 1.54) is 19.2 Å². The first-order valence-electron chi connectivity index (χ1n) is 6.17. The summed E-state index contributed by atoms with van der Waals surface area (Å²) in [5.74, 6) is -1.49. The average molecular weight is 284 g/mol. The molecule has 0 fully saturated rings. The molecular weight excluding hydrogens is 267 g/mol. The number of nitrogens with zero attached hydrogens (tertiary/aromatic N) is 2. The Labute approximate surface area is 116 Å². The average Bonchev–Trinajstić information content (AvgIpc) is 2.43. The van der Waals surface area contributed by atoms with Gasteiger partial charge in [-0.3, -0.25) is 14.9 Å². The van der Waals surface area contributed by atoms with Gasteiger partial charge in [0.2, 0.25) is 0 Å². The van der Waals surface area contributed by atoms with Crippen molar-refractivity contribution in [3.63, 3.8) is 0 Å². The first-order chi connectivity index (χ1) is 9.40. The third-order valence-corrected chi connectivity index (χ3v) is 2.96. The minimum Gasteiger partial charge on any atom is -0.469 e. The standard InChI is InChI=1S/C13H17FN2O4/c1-4-15(8-9(2)13(17)20-3)12-6-5-10(16(18)19)7-11(12)14/h5-7,9H,4,8H2,1-3H3/t9-/m0/s1. The fourth-order valence-electron chi connectivity index (χ4n) is 1.87. The summed E-state index contributed by atoms with van der Waals surface area (Å²) in [7, 11) is 1.29. The number of hydrogen-bond acceptors (Lipinski definition) is 5. The Balaban J connectivity index is 2.95. The molecule has 0 bridgehead atoms. The molecule has 1 rings (SSSR count). The summed E-state index contributed by atoms with van der Waals surface area (Å²) in [4.78, 5) is 23.0. The van der Waals surface area contributed by atoms with Crippen LogP contribution in [0.4, 0.5) is 15.8 Å². The van der Waals surface area contributed by atoms with E-state index in [1.54, 1.807) is 11.8 Å². The molecule has 0 radical (unpaired) electrons. The Morgan fingerprint density at radius 3 is 2.65 bits per heavy atom. The van der Waals surface area contributed by atoms with Gasteiger partial charge >= 0.3 is 5.97 Å². The molecule has 0 amide bonds. The molecule has 1 atom stereocenters. The lowest BCUT2D eigenvalue weighted by Gasteiger charge is -2.25. The third-order valence-electron chi connectivity index (χ3n) is 2.96. The number of ether oxygens (including phenoxy) is 1. The highest BCUT2D eigenvalue weighted by Crippen LogP contribution is 2.24. The van der Waals surface area contributed by atoms with E-state index in [4.69, 9.17) is 0 Å². The van der Waals surface area contributed by atoms with Crippen LogP contribution < -0.4 is 4.90 Å². The van der Waals surface area contributed by atoms with Crippen molar-refractivity contribution in [2.75, 3.05) is 25.1 Å². The molecular formula is C13H17FN2O4. The highest BCUT2D eigenvalue weighted by molar-refractivity contribution is 5.72. The highest BCUT2D eigenvalue weighted by Gasteiger charge is 2.20. The van der Waals surface area contributed by atoms with Crippen LogP contribution in [0.5, 0.6) is 0 Å². The van der Waals surface area contributed by atoms with Gasteiger partial charge in [-0.1, -0.05) is 6.92 Å². The van der Waals surface area contributed by atoms with Crippen LogP contribution in [0, 0.1) is 21.8 Å². The molecule has 0 heterocycles. The predicted molar refractivity (Wildman–Crippen MR) is 72.1 cm³/mol. The van der Waals surface area contributed by atoms with Crippen molar-refractivity contribution in [2.24, 2.45) is 5.92 Å². The Bertz CT molecular complexity index is 507. The number of benzene rings is 1. The number of anilines is 1. The van der Waals surface area contributed by atoms with Gasteiger partial charge in [0, 0.05) is 19.2 Å². The largest absolute Gasteiger partial charge is 0.469 e. The predicted octanol–water partition coefficient (Wildman–Crippen LogP) is 2.37. The van der Waals surface area contributed by atoms with E-state index in [1.807, 2.05) is 6.92 Å². The van der Waals surface area contributed by atoms with E-state index in [2.05, 4.69) is 4.74 Å². The Morgan fingerprint density at radius 1 is 1.55 bits per heavy atom. The summed E-state index contributed by atoms with van der Waals surface area (Å²) < 4.78 is 18.5. The summed E-state index contributed by atoms with van der Waals surface area (Å²) in [5.41, 5.74) is -0.0721. The Kier molecular flexibility index (Phi) is 5.42. The maximum Gasteiger partial charge on any atom is 0.310 e. The van der Waals surface area contributed by atoms with E-state index in [9.17, 15) is 19.3 Å². The molecule has 1 aromatic carbocycles. The monoisotopic (exact) mass is 284 g/mol. The van der Waals surface area contributed by atoms with E-state index in [0.29, 0.717) is 6.54 Å². The molecule has 0 aliphatic rings. The number of hydrogen-bond donors (Lipinski definition) is 0. The first kappa shape index (κ1) is 15.9. The second-order valence-corrected chi connectivity index (χ2v) is 4.36. The third kappa shape index (κ3) is 3.66. The van der Waals surface area contributed by atoms with Gasteiger partial charge in [0.1, 0.15) is 0 Å². The Hall–Kier alpha value is -2.18. The second kappa shape index (κ2) is 6.83. The molecule has 7 heteroatoms. The van der Waals surface area contributed by atoms with Crippen molar-refractivity contribution in [3.8, 4) is 0 Å². The number of nitro benzene ring substituents is 1.